The van der Waals surface area contributed by atoms with E-state index in [1.54, 1.807) is 0 Å². The second-order valence-electron chi connectivity index (χ2n) is 3.00. The number of likely N-dealkylation sites (N-methyl/N-ethyl adjacent to an activating group) is 1. The number of fused-ring (bicyclic) bond motifs is 1. The smallest absolute Gasteiger partial charge is 0.155 e. The van der Waals surface area contributed by atoms with Crippen molar-refractivity contribution in [2.45, 2.75) is 6.92 Å². The Morgan fingerprint density at radius 3 is 3.25 bits per heavy atom. The summed E-state index contributed by atoms with van der Waals surface area (Å²) in [5.41, 5.74) is 1.04. The van der Waals surface area contributed by atoms with Gasteiger partial charge in [0.05, 0.1) is 11.9 Å². The van der Waals surface area contributed by atoms with E-state index in [1.807, 2.05) is 20.2 Å². The monoisotopic (exact) mass is 164 g/mol. The molecule has 0 atom stereocenters. The summed E-state index contributed by atoms with van der Waals surface area (Å²) in [5, 5.41) is 3.25. The third kappa shape index (κ3) is 1.09. The Balaban J connectivity index is 2.47. The zero-order chi connectivity index (χ0) is 8.55. The van der Waals surface area contributed by atoms with E-state index in [4.69, 9.17) is 0 Å². The predicted octanol–water partition coefficient (Wildman–Crippen LogP) is 0.647. The van der Waals surface area contributed by atoms with Gasteiger partial charge in [-0.15, -0.1) is 0 Å². The van der Waals surface area contributed by atoms with Gasteiger partial charge in [-0.3, -0.25) is 0 Å². The molecule has 0 amide bonds. The number of rotatable bonds is 0. The molecular formula is C8H12N4. The van der Waals surface area contributed by atoms with Crippen LogP contribution >= 0.6 is 0 Å². The minimum Gasteiger partial charge on any atom is -0.379 e. The van der Waals surface area contributed by atoms with Crippen LogP contribution in [-0.2, 0) is 0 Å². The van der Waals surface area contributed by atoms with Gasteiger partial charge in [-0.25, -0.2) is 9.97 Å². The van der Waals surface area contributed by atoms with E-state index in [-0.39, 0.29) is 0 Å². The minimum atomic E-state index is 0.823. The highest BCUT2D eigenvalue weighted by Gasteiger charge is 2.14. The van der Waals surface area contributed by atoms with Crippen LogP contribution in [0.5, 0.6) is 0 Å². The molecule has 1 aromatic heterocycles. The fraction of sp³-hybridized carbons (Fsp3) is 0.500. The lowest BCUT2D eigenvalue weighted by Gasteiger charge is -2.26. The molecule has 4 nitrogen and oxygen atoms in total. The molecule has 0 fully saturated rings. The topological polar surface area (TPSA) is 41.1 Å². The highest BCUT2D eigenvalue weighted by atomic mass is 15.2. The number of hydrogen-bond donors (Lipinski definition) is 1. The molecule has 0 unspecified atom stereocenters. The van der Waals surface area contributed by atoms with E-state index >= 15 is 0 Å². The second-order valence-corrected chi connectivity index (χ2v) is 3.00. The van der Waals surface area contributed by atoms with Crippen LogP contribution in [0.25, 0.3) is 0 Å². The molecule has 0 saturated heterocycles. The molecular weight excluding hydrogens is 152 g/mol. The van der Waals surface area contributed by atoms with Crippen molar-refractivity contribution in [2.75, 3.05) is 30.4 Å². The van der Waals surface area contributed by atoms with Crippen molar-refractivity contribution in [1.29, 1.82) is 0 Å². The number of nitrogens with one attached hydrogen (secondary N) is 1. The molecule has 64 valence electrons. The Labute approximate surface area is 71.6 Å². The summed E-state index contributed by atoms with van der Waals surface area (Å²) in [4.78, 5) is 10.6. The van der Waals surface area contributed by atoms with Crippen LogP contribution in [0.2, 0.25) is 0 Å². The average Bonchev–Trinajstić information content (AvgIpc) is 2.07. The number of aryl methyl sites for hydroxylation is 1. The van der Waals surface area contributed by atoms with Gasteiger partial charge < -0.3 is 10.2 Å². The number of nitrogens with zero attached hydrogens (tertiary/aromatic N) is 3. The third-order valence-corrected chi connectivity index (χ3v) is 2.01. The number of anilines is 2. The standard InChI is InChI=1S/C8H12N4/c1-6-10-5-7-8(11-6)12(2)4-3-9-7/h5,9H,3-4H2,1-2H3. The van der Waals surface area contributed by atoms with E-state index in [0.717, 1.165) is 30.4 Å². The largest absolute Gasteiger partial charge is 0.379 e. The van der Waals surface area contributed by atoms with Gasteiger partial charge >= 0.3 is 0 Å². The molecule has 0 saturated carbocycles. The molecule has 1 aliphatic rings. The van der Waals surface area contributed by atoms with Gasteiger partial charge in [0.1, 0.15) is 5.82 Å². The first-order chi connectivity index (χ1) is 5.77. The molecule has 1 N–H and O–H groups in total. The maximum atomic E-state index is 4.35. The maximum Gasteiger partial charge on any atom is 0.155 e. The average molecular weight is 164 g/mol. The summed E-state index contributed by atoms with van der Waals surface area (Å²) in [5.74, 6) is 1.83. The Kier molecular flexibility index (Phi) is 1.60. The summed E-state index contributed by atoms with van der Waals surface area (Å²) in [6.45, 7) is 3.88. The molecule has 12 heavy (non-hydrogen) atoms. The lowest BCUT2D eigenvalue weighted by molar-refractivity contribution is 0.846. The Bertz CT molecular complexity index is 297. The highest BCUT2D eigenvalue weighted by molar-refractivity contribution is 5.66. The van der Waals surface area contributed by atoms with Crippen LogP contribution < -0.4 is 10.2 Å². The van der Waals surface area contributed by atoms with E-state index in [9.17, 15) is 0 Å². The van der Waals surface area contributed by atoms with Crippen molar-refractivity contribution in [3.05, 3.63) is 12.0 Å². The lowest BCUT2D eigenvalue weighted by Crippen LogP contribution is -2.31. The molecule has 1 aliphatic heterocycles. The lowest BCUT2D eigenvalue weighted by atomic mass is 10.3. The Morgan fingerprint density at radius 2 is 2.42 bits per heavy atom. The first-order valence-electron chi connectivity index (χ1n) is 4.06. The molecule has 0 aromatic carbocycles. The van der Waals surface area contributed by atoms with Crippen molar-refractivity contribution in [3.8, 4) is 0 Å². The van der Waals surface area contributed by atoms with Gasteiger partial charge in [-0.2, -0.15) is 0 Å². The first kappa shape index (κ1) is 7.34. The summed E-state index contributed by atoms with van der Waals surface area (Å²) < 4.78 is 0. The number of aromatic nitrogens is 2. The van der Waals surface area contributed by atoms with Gasteiger partial charge in [0.25, 0.3) is 0 Å². The van der Waals surface area contributed by atoms with Crippen LogP contribution in [-0.4, -0.2) is 30.1 Å². The van der Waals surface area contributed by atoms with Crippen LogP contribution in [0, 0.1) is 6.92 Å². The number of hydrogen-bond acceptors (Lipinski definition) is 4. The Morgan fingerprint density at radius 1 is 1.58 bits per heavy atom. The van der Waals surface area contributed by atoms with Crippen molar-refractivity contribution in [2.24, 2.45) is 0 Å². The molecule has 0 bridgehead atoms. The highest BCUT2D eigenvalue weighted by Crippen LogP contribution is 2.23. The SMILES string of the molecule is Cc1ncc2c(n1)N(C)CCN2. The molecule has 0 aliphatic carbocycles. The van der Waals surface area contributed by atoms with Gasteiger partial charge in [-0.05, 0) is 6.92 Å². The Hall–Kier alpha value is -1.32. The quantitative estimate of drug-likeness (QED) is 0.611. The van der Waals surface area contributed by atoms with Crippen LogP contribution in [0.15, 0.2) is 6.20 Å². The van der Waals surface area contributed by atoms with Gasteiger partial charge in [0.15, 0.2) is 5.82 Å². The van der Waals surface area contributed by atoms with Gasteiger partial charge in [0, 0.05) is 20.1 Å². The van der Waals surface area contributed by atoms with Gasteiger partial charge in [-0.1, -0.05) is 0 Å². The molecule has 0 spiro atoms. The third-order valence-electron chi connectivity index (χ3n) is 2.01. The fourth-order valence-corrected chi connectivity index (χ4v) is 1.34. The molecule has 1 aromatic rings. The molecule has 2 heterocycles. The predicted molar refractivity (Wildman–Crippen MR) is 48.5 cm³/mol. The minimum absolute atomic E-state index is 0.823. The summed E-state index contributed by atoms with van der Waals surface area (Å²) in [6, 6.07) is 0. The van der Waals surface area contributed by atoms with Crippen molar-refractivity contribution < 1.29 is 0 Å². The van der Waals surface area contributed by atoms with E-state index < -0.39 is 0 Å². The fourth-order valence-electron chi connectivity index (χ4n) is 1.34. The normalized spacial score (nSPS) is 15.3. The molecule has 4 heteroatoms. The zero-order valence-corrected chi connectivity index (χ0v) is 7.33. The zero-order valence-electron chi connectivity index (χ0n) is 7.33. The first-order valence-corrected chi connectivity index (χ1v) is 4.06. The molecule has 2 rings (SSSR count). The summed E-state index contributed by atoms with van der Waals surface area (Å²) in [7, 11) is 2.05. The van der Waals surface area contributed by atoms with E-state index in [0.29, 0.717) is 0 Å². The van der Waals surface area contributed by atoms with Crippen molar-refractivity contribution in [3.63, 3.8) is 0 Å². The van der Waals surface area contributed by atoms with Crippen LogP contribution in [0.1, 0.15) is 5.82 Å². The second kappa shape index (κ2) is 2.62. The van der Waals surface area contributed by atoms with Crippen LogP contribution in [0.3, 0.4) is 0 Å². The van der Waals surface area contributed by atoms with E-state index in [1.165, 1.54) is 0 Å². The summed E-state index contributed by atoms with van der Waals surface area (Å²) >= 11 is 0. The van der Waals surface area contributed by atoms with Gasteiger partial charge in [0.2, 0.25) is 0 Å². The van der Waals surface area contributed by atoms with Crippen LogP contribution in [0.4, 0.5) is 11.5 Å². The molecule has 0 radical (unpaired) electrons. The maximum absolute atomic E-state index is 4.35. The van der Waals surface area contributed by atoms with Crippen molar-refractivity contribution >= 4 is 11.5 Å². The van der Waals surface area contributed by atoms with Crippen molar-refractivity contribution in [1.82, 2.24) is 9.97 Å². The summed E-state index contributed by atoms with van der Waals surface area (Å²) in [6.07, 6.45) is 1.84. The van der Waals surface area contributed by atoms with E-state index in [2.05, 4.69) is 20.2 Å².